The number of methoxy groups -OCH3 is 1. The van der Waals surface area contributed by atoms with Crippen LogP contribution in [0.5, 0.6) is 0 Å². The number of hydrogen-bond acceptors (Lipinski definition) is 5. The molecule has 1 amide bonds. The molecule has 0 bridgehead atoms. The third kappa shape index (κ3) is 5.58. The SMILES string of the molecule is COC(=O)CC(NC(=O)/C=C/c1c(C)nn(Cc2ccccc2)c1Cl)c1cccs1. The minimum atomic E-state index is -0.452. The van der Waals surface area contributed by atoms with Gasteiger partial charge in [0.05, 0.1) is 31.8 Å². The zero-order valence-electron chi connectivity index (χ0n) is 16.7. The monoisotopic (exact) mass is 443 g/mol. The van der Waals surface area contributed by atoms with Crippen LogP contribution in [0.4, 0.5) is 0 Å². The number of nitrogens with one attached hydrogen (secondary N) is 1. The molecule has 1 aromatic carbocycles. The molecular weight excluding hydrogens is 422 g/mol. The third-order valence-electron chi connectivity index (χ3n) is 4.49. The van der Waals surface area contributed by atoms with Crippen molar-refractivity contribution in [3.05, 3.63) is 80.8 Å². The molecule has 1 N–H and O–H groups in total. The van der Waals surface area contributed by atoms with Crippen molar-refractivity contribution in [1.29, 1.82) is 0 Å². The summed E-state index contributed by atoms with van der Waals surface area (Å²) in [6.45, 7) is 2.39. The summed E-state index contributed by atoms with van der Waals surface area (Å²) in [6, 6.07) is 13.2. The summed E-state index contributed by atoms with van der Waals surface area (Å²) in [5.41, 5.74) is 2.49. The van der Waals surface area contributed by atoms with E-state index in [4.69, 9.17) is 16.3 Å². The molecule has 0 radical (unpaired) electrons. The van der Waals surface area contributed by atoms with E-state index in [0.717, 1.165) is 16.1 Å². The molecule has 0 aliphatic heterocycles. The van der Waals surface area contributed by atoms with Gasteiger partial charge in [-0.05, 0) is 30.0 Å². The lowest BCUT2D eigenvalue weighted by molar-refractivity contribution is -0.141. The quantitative estimate of drug-likeness (QED) is 0.414. The van der Waals surface area contributed by atoms with Gasteiger partial charge in [0.2, 0.25) is 5.91 Å². The number of carbonyl (C=O) groups is 2. The summed E-state index contributed by atoms with van der Waals surface area (Å²) < 4.78 is 6.44. The Morgan fingerprint density at radius 2 is 2.03 bits per heavy atom. The maximum Gasteiger partial charge on any atom is 0.307 e. The Bertz CT molecular complexity index is 1030. The molecule has 3 rings (SSSR count). The van der Waals surface area contributed by atoms with Gasteiger partial charge in [0.1, 0.15) is 5.15 Å². The Hall–Kier alpha value is -2.90. The lowest BCUT2D eigenvalue weighted by atomic mass is 10.1. The highest BCUT2D eigenvalue weighted by atomic mass is 35.5. The molecule has 0 saturated heterocycles. The van der Waals surface area contributed by atoms with Gasteiger partial charge in [-0.1, -0.05) is 48.0 Å². The molecule has 8 heteroatoms. The van der Waals surface area contributed by atoms with Crippen LogP contribution in [0.15, 0.2) is 53.9 Å². The number of amides is 1. The molecule has 1 unspecified atom stereocenters. The number of rotatable bonds is 8. The van der Waals surface area contributed by atoms with E-state index in [1.54, 1.807) is 10.8 Å². The van der Waals surface area contributed by atoms with E-state index in [-0.39, 0.29) is 12.3 Å². The van der Waals surface area contributed by atoms with Gasteiger partial charge in [-0.2, -0.15) is 5.10 Å². The van der Waals surface area contributed by atoms with E-state index in [0.29, 0.717) is 17.3 Å². The summed E-state index contributed by atoms with van der Waals surface area (Å²) in [7, 11) is 1.33. The number of esters is 1. The molecule has 0 aliphatic rings. The zero-order valence-corrected chi connectivity index (χ0v) is 18.2. The fourth-order valence-electron chi connectivity index (χ4n) is 2.96. The Morgan fingerprint density at radius 1 is 1.27 bits per heavy atom. The van der Waals surface area contributed by atoms with Crippen molar-refractivity contribution in [2.45, 2.75) is 25.9 Å². The van der Waals surface area contributed by atoms with Crippen LogP contribution in [0, 0.1) is 6.92 Å². The van der Waals surface area contributed by atoms with Crippen molar-refractivity contribution in [3.63, 3.8) is 0 Å². The number of hydrogen-bond donors (Lipinski definition) is 1. The second kappa shape index (κ2) is 10.2. The highest BCUT2D eigenvalue weighted by molar-refractivity contribution is 7.10. The first-order valence-corrected chi connectivity index (χ1v) is 10.6. The van der Waals surface area contributed by atoms with E-state index in [2.05, 4.69) is 10.4 Å². The number of ether oxygens (including phenoxy) is 1. The van der Waals surface area contributed by atoms with E-state index in [1.807, 2.05) is 54.8 Å². The van der Waals surface area contributed by atoms with Crippen molar-refractivity contribution in [1.82, 2.24) is 15.1 Å². The van der Waals surface area contributed by atoms with Crippen LogP contribution in [0.25, 0.3) is 6.08 Å². The second-order valence-corrected chi connectivity index (χ2v) is 7.96. The molecule has 2 aromatic heterocycles. The first-order valence-electron chi connectivity index (χ1n) is 9.33. The Kier molecular flexibility index (Phi) is 7.43. The Labute approximate surface area is 184 Å². The average Bonchev–Trinajstić information content (AvgIpc) is 3.36. The first-order chi connectivity index (χ1) is 14.5. The van der Waals surface area contributed by atoms with Gasteiger partial charge in [0.15, 0.2) is 0 Å². The van der Waals surface area contributed by atoms with E-state index in [9.17, 15) is 9.59 Å². The van der Waals surface area contributed by atoms with E-state index >= 15 is 0 Å². The molecule has 2 heterocycles. The van der Waals surface area contributed by atoms with E-state index in [1.165, 1.54) is 24.5 Å². The number of halogens is 1. The van der Waals surface area contributed by atoms with Gasteiger partial charge in [-0.3, -0.25) is 9.59 Å². The maximum atomic E-state index is 12.5. The van der Waals surface area contributed by atoms with Crippen molar-refractivity contribution in [3.8, 4) is 0 Å². The number of aryl methyl sites for hydroxylation is 1. The molecule has 0 saturated carbocycles. The van der Waals surface area contributed by atoms with Crippen LogP contribution in [0.2, 0.25) is 5.15 Å². The number of thiophene rings is 1. The summed E-state index contributed by atoms with van der Waals surface area (Å²) in [5.74, 6) is -0.720. The molecule has 30 heavy (non-hydrogen) atoms. The van der Waals surface area contributed by atoms with Crippen LogP contribution in [0.1, 0.15) is 34.2 Å². The lowest BCUT2D eigenvalue weighted by Gasteiger charge is -2.15. The molecule has 3 aromatic rings. The molecule has 0 spiro atoms. The fraction of sp³-hybridized carbons (Fsp3) is 0.227. The predicted octanol–water partition coefficient (Wildman–Crippen LogP) is 4.39. The third-order valence-corrected chi connectivity index (χ3v) is 5.87. The number of carbonyl (C=O) groups excluding carboxylic acids is 2. The van der Waals surface area contributed by atoms with Crippen LogP contribution >= 0.6 is 22.9 Å². The molecule has 1 atom stereocenters. The summed E-state index contributed by atoms with van der Waals surface area (Å²) >= 11 is 7.96. The number of nitrogens with zero attached hydrogens (tertiary/aromatic N) is 2. The summed E-state index contributed by atoms with van der Waals surface area (Å²) in [4.78, 5) is 25.1. The first kappa shape index (κ1) is 21.8. The Morgan fingerprint density at radius 3 is 2.70 bits per heavy atom. The lowest BCUT2D eigenvalue weighted by Crippen LogP contribution is -2.28. The van der Waals surface area contributed by atoms with Crippen LogP contribution in [-0.4, -0.2) is 28.8 Å². The van der Waals surface area contributed by atoms with Crippen molar-refractivity contribution in [2.75, 3.05) is 7.11 Å². The van der Waals surface area contributed by atoms with Gasteiger partial charge in [0.25, 0.3) is 0 Å². The summed E-state index contributed by atoms with van der Waals surface area (Å²) in [6.07, 6.45) is 3.11. The van der Waals surface area contributed by atoms with Gasteiger partial charge in [-0.15, -0.1) is 11.3 Å². The molecule has 156 valence electrons. The van der Waals surface area contributed by atoms with Crippen LogP contribution < -0.4 is 5.32 Å². The highest BCUT2D eigenvalue weighted by Crippen LogP contribution is 2.24. The van der Waals surface area contributed by atoms with Gasteiger partial charge >= 0.3 is 5.97 Å². The molecular formula is C22H22ClN3O3S. The topological polar surface area (TPSA) is 73.2 Å². The van der Waals surface area contributed by atoms with Gasteiger partial charge in [-0.25, -0.2) is 4.68 Å². The molecule has 0 aliphatic carbocycles. The number of benzene rings is 1. The predicted molar refractivity (Wildman–Crippen MR) is 118 cm³/mol. The number of aromatic nitrogens is 2. The normalized spacial score (nSPS) is 12.1. The smallest absolute Gasteiger partial charge is 0.307 e. The van der Waals surface area contributed by atoms with Crippen molar-refractivity contribution in [2.24, 2.45) is 0 Å². The summed E-state index contributed by atoms with van der Waals surface area (Å²) in [5, 5.41) is 9.69. The standard InChI is InChI=1S/C22H22ClN3O3S/c1-15-17(22(23)26(25-15)14-16-7-4-3-5-8-16)10-11-20(27)24-18(13-21(28)29-2)19-9-6-12-30-19/h3-12,18H,13-14H2,1-2H3,(H,24,27)/b11-10+. The minimum absolute atomic E-state index is 0.0609. The fourth-order valence-corrected chi connectivity index (χ4v) is 4.03. The average molecular weight is 444 g/mol. The molecule has 0 fully saturated rings. The highest BCUT2D eigenvalue weighted by Gasteiger charge is 2.19. The van der Waals surface area contributed by atoms with Crippen molar-refractivity contribution >= 4 is 40.9 Å². The van der Waals surface area contributed by atoms with Crippen molar-refractivity contribution < 1.29 is 14.3 Å². The van der Waals surface area contributed by atoms with Crippen LogP contribution in [-0.2, 0) is 20.9 Å². The van der Waals surface area contributed by atoms with Crippen LogP contribution in [0.3, 0.4) is 0 Å². The maximum absolute atomic E-state index is 12.5. The van der Waals surface area contributed by atoms with Gasteiger partial charge in [0, 0.05) is 16.5 Å². The second-order valence-electron chi connectivity index (χ2n) is 6.62. The zero-order chi connectivity index (χ0) is 21.5. The minimum Gasteiger partial charge on any atom is -0.469 e. The molecule has 6 nitrogen and oxygen atoms in total. The van der Waals surface area contributed by atoms with Gasteiger partial charge < -0.3 is 10.1 Å². The largest absolute Gasteiger partial charge is 0.469 e. The Balaban J connectivity index is 1.71. The van der Waals surface area contributed by atoms with E-state index < -0.39 is 12.0 Å².